The first kappa shape index (κ1) is 18.7. The molecule has 0 radical (unpaired) electrons. The number of piperidine rings is 1. The van der Waals surface area contributed by atoms with E-state index in [1.54, 1.807) is 0 Å². The van der Waals surface area contributed by atoms with Gasteiger partial charge >= 0.3 is 0 Å². The molecule has 3 heterocycles. The van der Waals surface area contributed by atoms with Crippen LogP contribution in [0, 0.1) is 12.3 Å². The Balaban J connectivity index is 1.45. The van der Waals surface area contributed by atoms with Crippen molar-refractivity contribution >= 4 is 11.8 Å². The van der Waals surface area contributed by atoms with Crippen molar-refractivity contribution in [3.63, 3.8) is 0 Å². The number of hydrogen-bond donors (Lipinski definition) is 0. The Morgan fingerprint density at radius 2 is 2.00 bits per heavy atom. The van der Waals surface area contributed by atoms with Crippen LogP contribution in [0.5, 0.6) is 0 Å². The van der Waals surface area contributed by atoms with E-state index in [-0.39, 0.29) is 23.7 Å². The monoisotopic (exact) mass is 381 g/mol. The SMILES string of the molecule is CCN1CCC[C@]2(CCN(C(=O)Cc3nc(-c4ccccc4)oc3C)C2)C1=O. The van der Waals surface area contributed by atoms with Gasteiger partial charge < -0.3 is 14.2 Å². The molecule has 6 nitrogen and oxygen atoms in total. The lowest BCUT2D eigenvalue weighted by Crippen LogP contribution is -2.50. The summed E-state index contributed by atoms with van der Waals surface area (Å²) in [5, 5.41) is 0. The maximum absolute atomic E-state index is 12.9. The van der Waals surface area contributed by atoms with Gasteiger partial charge in [0.05, 0.1) is 17.5 Å². The zero-order valence-corrected chi connectivity index (χ0v) is 16.6. The highest BCUT2D eigenvalue weighted by Crippen LogP contribution is 2.40. The molecule has 1 aromatic carbocycles. The van der Waals surface area contributed by atoms with Crippen LogP contribution in [-0.2, 0) is 16.0 Å². The fraction of sp³-hybridized carbons (Fsp3) is 0.500. The molecule has 148 valence electrons. The summed E-state index contributed by atoms with van der Waals surface area (Å²) < 4.78 is 5.78. The summed E-state index contributed by atoms with van der Waals surface area (Å²) in [5.41, 5.74) is 1.20. The maximum atomic E-state index is 12.9. The van der Waals surface area contributed by atoms with Gasteiger partial charge in [-0.25, -0.2) is 4.98 Å². The van der Waals surface area contributed by atoms with E-state index in [2.05, 4.69) is 4.98 Å². The van der Waals surface area contributed by atoms with Crippen LogP contribution in [0.15, 0.2) is 34.7 Å². The summed E-state index contributed by atoms with van der Waals surface area (Å²) in [7, 11) is 0. The Morgan fingerprint density at radius 1 is 1.21 bits per heavy atom. The van der Waals surface area contributed by atoms with Gasteiger partial charge in [0.2, 0.25) is 17.7 Å². The molecule has 4 rings (SSSR count). The van der Waals surface area contributed by atoms with Gasteiger partial charge in [-0.05, 0) is 45.2 Å². The van der Waals surface area contributed by atoms with Gasteiger partial charge in [-0.15, -0.1) is 0 Å². The summed E-state index contributed by atoms with van der Waals surface area (Å²) in [6.07, 6.45) is 2.88. The van der Waals surface area contributed by atoms with Crippen molar-refractivity contribution < 1.29 is 14.0 Å². The molecule has 1 atom stereocenters. The number of carbonyl (C=O) groups is 2. The van der Waals surface area contributed by atoms with E-state index in [0.29, 0.717) is 30.4 Å². The molecule has 2 saturated heterocycles. The van der Waals surface area contributed by atoms with E-state index in [0.717, 1.165) is 37.9 Å². The van der Waals surface area contributed by atoms with Crippen LogP contribution in [0.3, 0.4) is 0 Å². The van der Waals surface area contributed by atoms with E-state index >= 15 is 0 Å². The third-order valence-corrected chi connectivity index (χ3v) is 6.14. The van der Waals surface area contributed by atoms with Crippen molar-refractivity contribution in [1.29, 1.82) is 0 Å². The molecule has 2 aromatic rings. The zero-order valence-electron chi connectivity index (χ0n) is 16.6. The Morgan fingerprint density at radius 3 is 2.75 bits per heavy atom. The molecule has 2 fully saturated rings. The van der Waals surface area contributed by atoms with Gasteiger partial charge in [0.25, 0.3) is 0 Å². The molecule has 1 spiro atoms. The molecule has 28 heavy (non-hydrogen) atoms. The first-order chi connectivity index (χ1) is 13.5. The van der Waals surface area contributed by atoms with Crippen LogP contribution in [-0.4, -0.2) is 52.8 Å². The number of oxazole rings is 1. The normalized spacial score (nSPS) is 22.3. The molecule has 0 aliphatic carbocycles. The van der Waals surface area contributed by atoms with Gasteiger partial charge in [0, 0.05) is 31.7 Å². The quantitative estimate of drug-likeness (QED) is 0.816. The fourth-order valence-electron chi connectivity index (χ4n) is 4.47. The third kappa shape index (κ3) is 3.32. The highest BCUT2D eigenvalue weighted by molar-refractivity contribution is 5.86. The molecule has 1 aromatic heterocycles. The molecular formula is C22H27N3O3. The summed E-state index contributed by atoms with van der Waals surface area (Å²) in [6, 6.07) is 9.69. The van der Waals surface area contributed by atoms with E-state index in [1.165, 1.54) is 0 Å². The number of aryl methyl sites for hydroxylation is 1. The van der Waals surface area contributed by atoms with Gasteiger partial charge in [-0.3, -0.25) is 9.59 Å². The standard InChI is InChI=1S/C22H27N3O3/c1-3-24-12-7-10-22(21(24)27)11-13-25(15-22)19(26)14-18-16(2)28-20(23-18)17-8-5-4-6-9-17/h4-6,8-9H,3,7,10-15H2,1-2H3/t22-/m1/s1. The molecule has 0 saturated carbocycles. The van der Waals surface area contributed by atoms with Gasteiger partial charge in [-0.1, -0.05) is 18.2 Å². The van der Waals surface area contributed by atoms with Crippen LogP contribution < -0.4 is 0 Å². The minimum atomic E-state index is -0.377. The zero-order chi connectivity index (χ0) is 19.7. The minimum absolute atomic E-state index is 0.0225. The van der Waals surface area contributed by atoms with Crippen LogP contribution >= 0.6 is 0 Å². The predicted octanol–water partition coefficient (Wildman–Crippen LogP) is 3.05. The number of benzene rings is 1. The number of rotatable bonds is 4. The Kier molecular flexibility index (Phi) is 4.96. The van der Waals surface area contributed by atoms with Crippen LogP contribution in [0.4, 0.5) is 0 Å². The molecule has 0 bridgehead atoms. The topological polar surface area (TPSA) is 66.7 Å². The predicted molar refractivity (Wildman–Crippen MR) is 105 cm³/mol. The van der Waals surface area contributed by atoms with Crippen molar-refractivity contribution in [2.45, 2.75) is 39.5 Å². The lowest BCUT2D eigenvalue weighted by molar-refractivity contribution is -0.145. The minimum Gasteiger partial charge on any atom is -0.441 e. The lowest BCUT2D eigenvalue weighted by Gasteiger charge is -2.38. The largest absolute Gasteiger partial charge is 0.441 e. The molecule has 2 amide bonds. The van der Waals surface area contributed by atoms with Gasteiger partial charge in [0.15, 0.2) is 0 Å². The van der Waals surface area contributed by atoms with Gasteiger partial charge in [-0.2, -0.15) is 0 Å². The molecule has 2 aliphatic heterocycles. The van der Waals surface area contributed by atoms with Crippen molar-refractivity contribution in [3.8, 4) is 11.5 Å². The van der Waals surface area contributed by atoms with Crippen LogP contribution in [0.25, 0.3) is 11.5 Å². The number of carbonyl (C=O) groups excluding carboxylic acids is 2. The summed E-state index contributed by atoms with van der Waals surface area (Å²) in [5.74, 6) is 1.46. The average molecular weight is 381 g/mol. The van der Waals surface area contributed by atoms with Crippen LogP contribution in [0.2, 0.25) is 0 Å². The van der Waals surface area contributed by atoms with Crippen LogP contribution in [0.1, 0.15) is 37.6 Å². The Labute approximate surface area is 165 Å². The number of likely N-dealkylation sites (tertiary alicyclic amines) is 2. The third-order valence-electron chi connectivity index (χ3n) is 6.14. The lowest BCUT2D eigenvalue weighted by atomic mass is 9.78. The highest BCUT2D eigenvalue weighted by Gasteiger charge is 2.49. The molecule has 6 heteroatoms. The van der Waals surface area contributed by atoms with Crippen molar-refractivity contribution in [1.82, 2.24) is 14.8 Å². The first-order valence-electron chi connectivity index (χ1n) is 10.1. The van der Waals surface area contributed by atoms with Crippen molar-refractivity contribution in [2.75, 3.05) is 26.2 Å². The highest BCUT2D eigenvalue weighted by atomic mass is 16.4. The second-order valence-corrected chi connectivity index (χ2v) is 7.90. The second-order valence-electron chi connectivity index (χ2n) is 7.90. The smallest absolute Gasteiger partial charge is 0.230 e. The first-order valence-corrected chi connectivity index (χ1v) is 10.1. The van der Waals surface area contributed by atoms with Crippen molar-refractivity contribution in [3.05, 3.63) is 41.8 Å². The summed E-state index contributed by atoms with van der Waals surface area (Å²) in [4.78, 5) is 34.1. The Bertz CT molecular complexity index is 876. The number of hydrogen-bond acceptors (Lipinski definition) is 4. The number of nitrogens with zero attached hydrogens (tertiary/aromatic N) is 3. The van der Waals surface area contributed by atoms with Gasteiger partial charge in [0.1, 0.15) is 5.76 Å². The fourth-order valence-corrected chi connectivity index (χ4v) is 4.47. The second kappa shape index (κ2) is 7.41. The average Bonchev–Trinajstić information content (AvgIpc) is 3.30. The molecule has 0 unspecified atom stereocenters. The number of amides is 2. The Hall–Kier alpha value is -2.63. The van der Waals surface area contributed by atoms with E-state index in [9.17, 15) is 9.59 Å². The number of aromatic nitrogens is 1. The summed E-state index contributed by atoms with van der Waals surface area (Å²) in [6.45, 7) is 6.62. The maximum Gasteiger partial charge on any atom is 0.230 e. The molecule has 2 aliphatic rings. The van der Waals surface area contributed by atoms with Crippen molar-refractivity contribution in [2.24, 2.45) is 5.41 Å². The van der Waals surface area contributed by atoms with E-state index < -0.39 is 0 Å². The van der Waals surface area contributed by atoms with E-state index in [1.807, 2.05) is 54.0 Å². The molecule has 0 N–H and O–H groups in total. The van der Waals surface area contributed by atoms with E-state index in [4.69, 9.17) is 4.42 Å². The molecular weight excluding hydrogens is 354 g/mol. The summed E-state index contributed by atoms with van der Waals surface area (Å²) >= 11 is 0.